The average molecular weight is 813 g/mol. The van der Waals surface area contributed by atoms with E-state index in [4.69, 9.17) is 14.2 Å². The van der Waals surface area contributed by atoms with Crippen molar-refractivity contribution in [1.29, 1.82) is 0 Å². The van der Waals surface area contributed by atoms with Gasteiger partial charge in [-0.15, -0.1) is 0 Å². The highest BCUT2D eigenvalue weighted by atomic mass is 16.5. The molecule has 60 heavy (non-hydrogen) atoms. The molecule has 0 bridgehead atoms. The lowest BCUT2D eigenvalue weighted by Gasteiger charge is -2.37. The standard InChI is InChI=1S/C45H48N8O7/c1-26(2)38(51-44(56)58-4)43(55)53-19-20-60-25-37(53)41-47-24-36(50-41)34-18-17-32-21-31(15-16-33(32)22-34)28-11-13-29(14-12-28)35-23-46-40(49-35)27(3)48-42(54)39(52-45(57)59-5)30-9-7-6-8-10-30/h6-18,21-24,26-27,37-39H,19-20,25H2,1-5H3,(H,46,49)(H,47,50)(H,48,54)(H,51,56)(H,52,57)/t27-,37-,38-,39+/m0/s1. The maximum Gasteiger partial charge on any atom is 0.407 e. The molecule has 0 saturated carbocycles. The van der Waals surface area contributed by atoms with E-state index in [9.17, 15) is 19.2 Å². The Hall–Kier alpha value is -7.00. The minimum Gasteiger partial charge on any atom is -0.453 e. The van der Waals surface area contributed by atoms with Crippen LogP contribution in [0.4, 0.5) is 9.59 Å². The van der Waals surface area contributed by atoms with Crippen LogP contribution in [0.1, 0.15) is 56.1 Å². The summed E-state index contributed by atoms with van der Waals surface area (Å²) >= 11 is 0. The molecule has 1 aliphatic rings. The highest BCUT2D eigenvalue weighted by Gasteiger charge is 2.36. The number of imidazole rings is 2. The second kappa shape index (κ2) is 18.3. The highest BCUT2D eigenvalue weighted by molar-refractivity contribution is 5.91. The van der Waals surface area contributed by atoms with E-state index in [1.165, 1.54) is 14.2 Å². The van der Waals surface area contributed by atoms with Crippen molar-refractivity contribution in [3.05, 3.63) is 121 Å². The van der Waals surface area contributed by atoms with Crippen molar-refractivity contribution < 1.29 is 33.4 Å². The summed E-state index contributed by atoms with van der Waals surface area (Å²) < 4.78 is 15.3. The SMILES string of the molecule is COC(=O)N[C@H](C(=O)N1CCOC[C@H]1c1ncc(-c2ccc3cc(-c4ccc(-c5cnc([C@H](C)NC(=O)[C@H](NC(=O)OC)c6ccccc6)[nH]5)cc4)ccc3c2)[nH]1)C(C)C. The Bertz CT molecular complexity index is 2460. The molecule has 2 aromatic heterocycles. The molecule has 1 saturated heterocycles. The van der Waals surface area contributed by atoms with E-state index in [0.29, 0.717) is 30.4 Å². The van der Waals surface area contributed by atoms with Crippen LogP contribution in [0.15, 0.2) is 103 Å². The number of hydrogen-bond acceptors (Lipinski definition) is 9. The molecule has 4 amide bonds. The number of nitrogens with zero attached hydrogens (tertiary/aromatic N) is 3. The maximum absolute atomic E-state index is 13.7. The maximum atomic E-state index is 13.7. The Balaban J connectivity index is 1.01. The lowest BCUT2D eigenvalue weighted by Crippen LogP contribution is -2.54. The lowest BCUT2D eigenvalue weighted by atomic mass is 9.98. The Labute approximate surface area is 347 Å². The number of hydrogen-bond donors (Lipinski definition) is 5. The molecule has 1 fully saturated rings. The molecule has 1 aliphatic heterocycles. The van der Waals surface area contributed by atoms with E-state index in [2.05, 4.69) is 78.4 Å². The van der Waals surface area contributed by atoms with E-state index < -0.39 is 42.3 Å². The van der Waals surface area contributed by atoms with E-state index in [1.807, 2.05) is 45.0 Å². The van der Waals surface area contributed by atoms with Crippen LogP contribution in [0.2, 0.25) is 0 Å². The molecule has 4 atom stereocenters. The van der Waals surface area contributed by atoms with Gasteiger partial charge in [-0.3, -0.25) is 9.59 Å². The fraction of sp³-hybridized carbons (Fsp3) is 0.289. The fourth-order valence-electron chi connectivity index (χ4n) is 7.25. The molecule has 0 aliphatic carbocycles. The van der Waals surface area contributed by atoms with Gasteiger partial charge in [0, 0.05) is 12.1 Å². The van der Waals surface area contributed by atoms with Crippen LogP contribution in [0.25, 0.3) is 44.4 Å². The van der Waals surface area contributed by atoms with Gasteiger partial charge in [-0.25, -0.2) is 19.6 Å². The Morgan fingerprint density at radius 3 is 2.05 bits per heavy atom. The number of fused-ring (bicyclic) bond motifs is 1. The summed E-state index contributed by atoms with van der Waals surface area (Å²) in [4.78, 5) is 68.6. The number of morpholine rings is 1. The predicted octanol–water partition coefficient (Wildman–Crippen LogP) is 6.84. The largest absolute Gasteiger partial charge is 0.453 e. The number of carbonyl (C=O) groups is 4. The lowest BCUT2D eigenvalue weighted by molar-refractivity contribution is -0.143. The molecule has 7 rings (SSSR count). The minimum atomic E-state index is -0.943. The summed E-state index contributed by atoms with van der Waals surface area (Å²) in [5.41, 5.74) is 6.21. The first-order chi connectivity index (χ1) is 29.0. The monoisotopic (exact) mass is 812 g/mol. The van der Waals surface area contributed by atoms with Gasteiger partial charge in [-0.05, 0) is 58.0 Å². The molecule has 3 heterocycles. The normalized spacial score (nSPS) is 15.5. The summed E-state index contributed by atoms with van der Waals surface area (Å²) in [5.74, 6) is 0.402. The highest BCUT2D eigenvalue weighted by Crippen LogP contribution is 2.31. The van der Waals surface area contributed by atoms with Crippen LogP contribution in [0.3, 0.4) is 0 Å². The van der Waals surface area contributed by atoms with E-state index >= 15 is 0 Å². The zero-order valence-corrected chi connectivity index (χ0v) is 34.0. The van der Waals surface area contributed by atoms with Gasteiger partial charge in [0.2, 0.25) is 11.8 Å². The second-order valence-electron chi connectivity index (χ2n) is 14.9. The smallest absolute Gasteiger partial charge is 0.407 e. The molecule has 15 heteroatoms. The number of carbonyl (C=O) groups excluding carboxylic acids is 4. The van der Waals surface area contributed by atoms with Gasteiger partial charge in [-0.1, -0.05) is 92.7 Å². The number of aromatic amines is 2. The van der Waals surface area contributed by atoms with Crippen molar-refractivity contribution in [3.63, 3.8) is 0 Å². The summed E-state index contributed by atoms with van der Waals surface area (Å²) in [6, 6.07) is 27.1. The number of methoxy groups -OCH3 is 2. The van der Waals surface area contributed by atoms with Crippen LogP contribution in [0, 0.1) is 5.92 Å². The third kappa shape index (κ3) is 9.16. The second-order valence-corrected chi connectivity index (χ2v) is 14.9. The number of nitrogens with one attached hydrogen (secondary N) is 5. The summed E-state index contributed by atoms with van der Waals surface area (Å²) in [6.07, 6.45) is 2.13. The van der Waals surface area contributed by atoms with E-state index in [0.717, 1.165) is 44.4 Å². The third-order valence-electron chi connectivity index (χ3n) is 10.6. The molecular formula is C45H48N8O7. The van der Waals surface area contributed by atoms with Gasteiger partial charge < -0.3 is 45.0 Å². The molecule has 0 unspecified atom stereocenters. The van der Waals surface area contributed by atoms with Crippen LogP contribution in [-0.2, 0) is 23.8 Å². The number of amides is 4. The van der Waals surface area contributed by atoms with E-state index in [-0.39, 0.29) is 18.4 Å². The molecular weight excluding hydrogens is 765 g/mol. The van der Waals surface area contributed by atoms with E-state index in [1.54, 1.807) is 41.6 Å². The first-order valence-electron chi connectivity index (χ1n) is 19.7. The average Bonchev–Trinajstić information content (AvgIpc) is 3.99. The molecule has 5 N–H and O–H groups in total. The molecule has 15 nitrogen and oxygen atoms in total. The molecule has 4 aromatic carbocycles. The number of ether oxygens (including phenoxy) is 3. The molecule has 0 radical (unpaired) electrons. The van der Waals surface area contributed by atoms with Gasteiger partial charge in [0.15, 0.2) is 0 Å². The predicted molar refractivity (Wildman–Crippen MR) is 225 cm³/mol. The first kappa shape index (κ1) is 41.2. The van der Waals surface area contributed by atoms with Gasteiger partial charge in [0.05, 0.1) is 57.3 Å². The Kier molecular flexibility index (Phi) is 12.5. The summed E-state index contributed by atoms with van der Waals surface area (Å²) in [7, 11) is 2.52. The van der Waals surface area contributed by atoms with Crippen molar-refractivity contribution in [1.82, 2.24) is 40.8 Å². The number of benzene rings is 4. The fourth-order valence-corrected chi connectivity index (χ4v) is 7.25. The minimum absolute atomic E-state index is 0.154. The Morgan fingerprint density at radius 2 is 1.35 bits per heavy atom. The van der Waals surface area contributed by atoms with Gasteiger partial charge in [-0.2, -0.15) is 0 Å². The summed E-state index contributed by atoms with van der Waals surface area (Å²) in [5, 5.41) is 10.3. The van der Waals surface area contributed by atoms with Crippen LogP contribution < -0.4 is 16.0 Å². The molecule has 0 spiro atoms. The number of alkyl carbamates (subject to hydrolysis) is 2. The zero-order chi connectivity index (χ0) is 42.3. The number of aromatic nitrogens is 4. The van der Waals surface area contributed by atoms with Crippen molar-refractivity contribution in [3.8, 4) is 33.6 Å². The van der Waals surface area contributed by atoms with Crippen LogP contribution >= 0.6 is 0 Å². The van der Waals surface area contributed by atoms with Crippen LogP contribution in [-0.4, -0.2) is 88.9 Å². The number of rotatable bonds is 12. The molecule has 310 valence electrons. The molecule has 6 aromatic rings. The topological polar surface area (TPSA) is 193 Å². The number of H-pyrrole nitrogens is 2. The Morgan fingerprint density at radius 1 is 0.733 bits per heavy atom. The van der Waals surface area contributed by atoms with Gasteiger partial charge in [0.1, 0.15) is 29.8 Å². The van der Waals surface area contributed by atoms with Gasteiger partial charge >= 0.3 is 12.2 Å². The third-order valence-corrected chi connectivity index (χ3v) is 10.6. The van der Waals surface area contributed by atoms with Crippen molar-refractivity contribution in [2.24, 2.45) is 5.92 Å². The first-order valence-corrected chi connectivity index (χ1v) is 19.7. The van der Waals surface area contributed by atoms with Crippen molar-refractivity contribution >= 4 is 34.8 Å². The van der Waals surface area contributed by atoms with Crippen molar-refractivity contribution in [2.75, 3.05) is 34.0 Å². The quantitative estimate of drug-likeness (QED) is 0.0880. The zero-order valence-electron chi connectivity index (χ0n) is 34.0. The van der Waals surface area contributed by atoms with Gasteiger partial charge in [0.25, 0.3) is 0 Å². The van der Waals surface area contributed by atoms with Crippen molar-refractivity contribution in [2.45, 2.75) is 44.9 Å². The summed E-state index contributed by atoms with van der Waals surface area (Å²) in [6.45, 7) is 6.61. The van der Waals surface area contributed by atoms with Crippen LogP contribution in [0.5, 0.6) is 0 Å².